The minimum Gasteiger partial charge on any atom is -0.493 e. The van der Waals surface area contributed by atoms with Crippen molar-refractivity contribution in [3.63, 3.8) is 0 Å². The zero-order valence-electron chi connectivity index (χ0n) is 9.34. The van der Waals surface area contributed by atoms with Gasteiger partial charge in [0.25, 0.3) is 0 Å². The molecule has 0 fully saturated rings. The van der Waals surface area contributed by atoms with Crippen LogP contribution in [0.3, 0.4) is 0 Å². The lowest BCUT2D eigenvalue weighted by Gasteiger charge is -2.09. The summed E-state index contributed by atoms with van der Waals surface area (Å²) >= 11 is 1.22. The average Bonchev–Trinajstić information content (AvgIpc) is 2.79. The molecule has 1 aromatic heterocycles. The number of thiophene rings is 1. The first-order chi connectivity index (χ1) is 8.24. The molecule has 0 bridgehead atoms. The van der Waals surface area contributed by atoms with E-state index in [1.165, 1.54) is 11.3 Å². The van der Waals surface area contributed by atoms with Crippen molar-refractivity contribution in [3.05, 3.63) is 40.6 Å². The van der Waals surface area contributed by atoms with Gasteiger partial charge in [0, 0.05) is 11.1 Å². The van der Waals surface area contributed by atoms with Gasteiger partial charge in [0.1, 0.15) is 10.6 Å². The summed E-state index contributed by atoms with van der Waals surface area (Å²) < 4.78 is 5.51. The topological polar surface area (TPSA) is 46.5 Å². The molecule has 0 spiro atoms. The third kappa shape index (κ3) is 2.31. The molecular weight excluding hydrogens is 236 g/mol. The van der Waals surface area contributed by atoms with Gasteiger partial charge in [-0.15, -0.1) is 11.3 Å². The van der Waals surface area contributed by atoms with Crippen LogP contribution in [0.2, 0.25) is 0 Å². The number of rotatable bonds is 4. The molecule has 0 amide bonds. The van der Waals surface area contributed by atoms with Crippen molar-refractivity contribution in [2.75, 3.05) is 6.61 Å². The smallest absolute Gasteiger partial charge is 0.346 e. The van der Waals surface area contributed by atoms with Gasteiger partial charge in [-0.05, 0) is 24.4 Å². The van der Waals surface area contributed by atoms with Gasteiger partial charge in [0.05, 0.1) is 6.61 Å². The molecule has 1 aromatic carbocycles. The van der Waals surface area contributed by atoms with Gasteiger partial charge in [-0.25, -0.2) is 4.79 Å². The summed E-state index contributed by atoms with van der Waals surface area (Å²) in [6.07, 6.45) is 0. The third-order valence-electron chi connectivity index (χ3n) is 2.34. The summed E-state index contributed by atoms with van der Waals surface area (Å²) in [5, 5.41) is 10.9. The average molecular weight is 248 g/mol. The number of carboxylic acid groups (broad SMARTS) is 1. The highest BCUT2D eigenvalue weighted by Crippen LogP contribution is 2.34. The Morgan fingerprint density at radius 1 is 1.29 bits per heavy atom. The van der Waals surface area contributed by atoms with E-state index in [0.29, 0.717) is 17.0 Å². The van der Waals surface area contributed by atoms with Crippen LogP contribution in [0.15, 0.2) is 35.7 Å². The molecule has 4 heteroatoms. The molecule has 3 nitrogen and oxygen atoms in total. The number of aromatic carboxylic acids is 1. The van der Waals surface area contributed by atoms with Crippen LogP contribution in [-0.4, -0.2) is 17.7 Å². The van der Waals surface area contributed by atoms with Crippen LogP contribution in [0, 0.1) is 0 Å². The number of carbonyl (C=O) groups is 1. The monoisotopic (exact) mass is 248 g/mol. The molecule has 1 N–H and O–H groups in total. The molecule has 88 valence electrons. The molecule has 0 unspecified atom stereocenters. The Balaban J connectivity index is 2.52. The second kappa shape index (κ2) is 5.01. The summed E-state index contributed by atoms with van der Waals surface area (Å²) in [4.78, 5) is 11.4. The molecule has 2 rings (SSSR count). The van der Waals surface area contributed by atoms with E-state index in [-0.39, 0.29) is 0 Å². The maximum atomic E-state index is 11.1. The first-order valence-electron chi connectivity index (χ1n) is 5.27. The number of hydrogen-bond donors (Lipinski definition) is 1. The van der Waals surface area contributed by atoms with Crippen molar-refractivity contribution in [1.29, 1.82) is 0 Å². The molecule has 2 aromatic rings. The van der Waals surface area contributed by atoms with Crippen molar-refractivity contribution in [3.8, 4) is 16.9 Å². The molecule has 0 aliphatic heterocycles. The highest BCUT2D eigenvalue weighted by Gasteiger charge is 2.16. The fourth-order valence-electron chi connectivity index (χ4n) is 1.66. The van der Waals surface area contributed by atoms with Gasteiger partial charge < -0.3 is 9.84 Å². The predicted octanol–water partition coefficient (Wildman–Crippen LogP) is 3.51. The van der Waals surface area contributed by atoms with E-state index in [1.54, 1.807) is 5.38 Å². The standard InChI is InChI=1S/C13H12O3S/c1-2-16-11-6-4-3-5-9(11)10-7-8-17-12(10)13(14)15/h3-8H,2H2,1H3,(H,14,15). The number of ether oxygens (including phenoxy) is 1. The second-order valence-corrected chi connectivity index (χ2v) is 4.31. The zero-order chi connectivity index (χ0) is 12.3. The summed E-state index contributed by atoms with van der Waals surface area (Å²) in [5.74, 6) is -0.183. The quantitative estimate of drug-likeness (QED) is 0.900. The van der Waals surface area contributed by atoms with Gasteiger partial charge in [-0.1, -0.05) is 18.2 Å². The molecule has 0 radical (unpaired) electrons. The van der Waals surface area contributed by atoms with Gasteiger partial charge in [0.15, 0.2) is 0 Å². The van der Waals surface area contributed by atoms with E-state index in [0.717, 1.165) is 11.3 Å². The van der Waals surface area contributed by atoms with E-state index < -0.39 is 5.97 Å². The Morgan fingerprint density at radius 2 is 2.06 bits per heavy atom. The van der Waals surface area contributed by atoms with Crippen LogP contribution in [0.5, 0.6) is 5.75 Å². The van der Waals surface area contributed by atoms with Gasteiger partial charge in [-0.3, -0.25) is 0 Å². The maximum absolute atomic E-state index is 11.1. The van der Waals surface area contributed by atoms with E-state index in [9.17, 15) is 4.79 Å². The van der Waals surface area contributed by atoms with Crippen LogP contribution in [0.4, 0.5) is 0 Å². The summed E-state index contributed by atoms with van der Waals surface area (Å²) in [6, 6.07) is 9.29. The summed E-state index contributed by atoms with van der Waals surface area (Å²) in [7, 11) is 0. The van der Waals surface area contributed by atoms with Crippen molar-refractivity contribution in [2.24, 2.45) is 0 Å². The molecular formula is C13H12O3S. The van der Waals surface area contributed by atoms with E-state index in [1.807, 2.05) is 37.3 Å². The first-order valence-corrected chi connectivity index (χ1v) is 6.15. The second-order valence-electron chi connectivity index (χ2n) is 3.40. The number of para-hydroxylation sites is 1. The Morgan fingerprint density at radius 3 is 2.76 bits per heavy atom. The van der Waals surface area contributed by atoms with E-state index in [2.05, 4.69) is 0 Å². The van der Waals surface area contributed by atoms with Crippen LogP contribution in [0.25, 0.3) is 11.1 Å². The van der Waals surface area contributed by atoms with Crippen LogP contribution in [0.1, 0.15) is 16.6 Å². The Kier molecular flexibility index (Phi) is 3.44. The minimum atomic E-state index is -0.902. The molecule has 0 saturated carbocycles. The summed E-state index contributed by atoms with van der Waals surface area (Å²) in [5.41, 5.74) is 1.54. The number of benzene rings is 1. The minimum absolute atomic E-state index is 0.345. The lowest BCUT2D eigenvalue weighted by atomic mass is 10.1. The van der Waals surface area contributed by atoms with Crippen molar-refractivity contribution in [2.45, 2.75) is 6.92 Å². The SMILES string of the molecule is CCOc1ccccc1-c1ccsc1C(=O)O. The number of carboxylic acids is 1. The molecule has 0 aliphatic carbocycles. The molecule has 17 heavy (non-hydrogen) atoms. The predicted molar refractivity (Wildman–Crippen MR) is 67.9 cm³/mol. The fourth-order valence-corrected chi connectivity index (χ4v) is 2.40. The maximum Gasteiger partial charge on any atom is 0.346 e. The first kappa shape index (κ1) is 11.7. The molecule has 0 aliphatic rings. The largest absolute Gasteiger partial charge is 0.493 e. The highest BCUT2D eigenvalue weighted by molar-refractivity contribution is 7.12. The van der Waals surface area contributed by atoms with Gasteiger partial charge in [-0.2, -0.15) is 0 Å². The van der Waals surface area contributed by atoms with Crippen LogP contribution < -0.4 is 4.74 Å². The Hall–Kier alpha value is -1.81. The van der Waals surface area contributed by atoms with Crippen molar-refractivity contribution >= 4 is 17.3 Å². The Bertz CT molecular complexity index is 531. The van der Waals surface area contributed by atoms with E-state index >= 15 is 0 Å². The molecule has 0 saturated heterocycles. The molecule has 1 heterocycles. The van der Waals surface area contributed by atoms with Crippen LogP contribution in [-0.2, 0) is 0 Å². The normalized spacial score (nSPS) is 10.2. The Labute approximate surface area is 103 Å². The fraction of sp³-hybridized carbons (Fsp3) is 0.154. The highest BCUT2D eigenvalue weighted by atomic mass is 32.1. The van der Waals surface area contributed by atoms with Gasteiger partial charge >= 0.3 is 5.97 Å². The zero-order valence-corrected chi connectivity index (χ0v) is 10.2. The molecule has 0 atom stereocenters. The van der Waals surface area contributed by atoms with Gasteiger partial charge in [0.2, 0.25) is 0 Å². The van der Waals surface area contributed by atoms with Crippen molar-refractivity contribution < 1.29 is 14.6 Å². The third-order valence-corrected chi connectivity index (χ3v) is 3.24. The van der Waals surface area contributed by atoms with E-state index in [4.69, 9.17) is 9.84 Å². The summed E-state index contributed by atoms with van der Waals surface area (Å²) in [6.45, 7) is 2.46. The number of hydrogen-bond acceptors (Lipinski definition) is 3. The van der Waals surface area contributed by atoms with Crippen LogP contribution >= 0.6 is 11.3 Å². The van der Waals surface area contributed by atoms with Crippen molar-refractivity contribution in [1.82, 2.24) is 0 Å². The lowest BCUT2D eigenvalue weighted by Crippen LogP contribution is -1.97. The lowest BCUT2D eigenvalue weighted by molar-refractivity contribution is 0.0703.